The van der Waals surface area contributed by atoms with Crippen molar-refractivity contribution < 1.29 is 19.4 Å². The first-order valence-electron chi connectivity index (χ1n) is 4.30. The summed E-state index contributed by atoms with van der Waals surface area (Å²) in [6.07, 6.45) is 2.77. The van der Waals surface area contributed by atoms with Crippen molar-refractivity contribution in [1.82, 2.24) is 15.2 Å². The molecule has 0 bridgehead atoms. The van der Waals surface area contributed by atoms with Crippen molar-refractivity contribution in [2.45, 2.75) is 0 Å². The SMILES string of the molecule is O=C(O)c1cc[nH]c1C(=O)Oc1ccn[nH]1. The molecular weight excluding hydrogens is 214 g/mol. The molecule has 3 N–H and O–H groups in total. The Bertz CT molecular complexity index is 515. The number of rotatable bonds is 3. The van der Waals surface area contributed by atoms with Gasteiger partial charge in [0, 0.05) is 12.3 Å². The van der Waals surface area contributed by atoms with Gasteiger partial charge in [-0.15, -0.1) is 0 Å². The van der Waals surface area contributed by atoms with E-state index in [9.17, 15) is 9.59 Å². The molecule has 0 amide bonds. The Morgan fingerprint density at radius 1 is 1.38 bits per heavy atom. The van der Waals surface area contributed by atoms with Gasteiger partial charge in [-0.25, -0.2) is 14.7 Å². The summed E-state index contributed by atoms with van der Waals surface area (Å²) in [7, 11) is 0. The second-order valence-corrected chi connectivity index (χ2v) is 2.88. The van der Waals surface area contributed by atoms with E-state index in [2.05, 4.69) is 15.2 Å². The standard InChI is InChI=1S/C9H7N3O4/c13-8(14)5-1-3-10-7(5)9(15)16-6-2-4-11-12-6/h1-4,10H,(H,11,12)(H,13,14). The van der Waals surface area contributed by atoms with Crippen LogP contribution in [0.3, 0.4) is 0 Å². The van der Waals surface area contributed by atoms with Crippen LogP contribution in [0, 0.1) is 0 Å². The minimum absolute atomic E-state index is 0.109. The largest absolute Gasteiger partial charge is 0.478 e. The molecule has 0 saturated carbocycles. The number of hydrogen-bond acceptors (Lipinski definition) is 4. The minimum Gasteiger partial charge on any atom is -0.478 e. The first-order chi connectivity index (χ1) is 7.68. The van der Waals surface area contributed by atoms with E-state index in [1.165, 1.54) is 24.5 Å². The van der Waals surface area contributed by atoms with E-state index in [1.54, 1.807) is 0 Å². The van der Waals surface area contributed by atoms with Crippen LogP contribution in [0.1, 0.15) is 20.8 Å². The van der Waals surface area contributed by atoms with Gasteiger partial charge >= 0.3 is 11.9 Å². The van der Waals surface area contributed by atoms with Crippen molar-refractivity contribution in [3.63, 3.8) is 0 Å². The number of nitrogens with zero attached hydrogens (tertiary/aromatic N) is 1. The van der Waals surface area contributed by atoms with Crippen LogP contribution < -0.4 is 4.74 Å². The molecule has 0 aliphatic rings. The first-order valence-corrected chi connectivity index (χ1v) is 4.30. The maximum Gasteiger partial charge on any atom is 0.362 e. The molecule has 0 aromatic carbocycles. The van der Waals surface area contributed by atoms with Crippen LogP contribution in [0.25, 0.3) is 0 Å². The summed E-state index contributed by atoms with van der Waals surface area (Å²) in [5.74, 6) is -1.83. The predicted octanol–water partition coefficient (Wildman–Crippen LogP) is 0.655. The van der Waals surface area contributed by atoms with E-state index in [-0.39, 0.29) is 17.1 Å². The van der Waals surface area contributed by atoms with E-state index in [0.29, 0.717) is 0 Å². The van der Waals surface area contributed by atoms with Crippen molar-refractivity contribution in [3.05, 3.63) is 35.8 Å². The Balaban J connectivity index is 2.21. The second kappa shape index (κ2) is 3.89. The molecule has 0 fully saturated rings. The van der Waals surface area contributed by atoms with Crippen molar-refractivity contribution in [1.29, 1.82) is 0 Å². The smallest absolute Gasteiger partial charge is 0.362 e. The average Bonchev–Trinajstić information content (AvgIpc) is 2.86. The fraction of sp³-hybridized carbons (Fsp3) is 0. The number of aromatic carboxylic acids is 1. The molecule has 2 aromatic heterocycles. The number of esters is 1. The van der Waals surface area contributed by atoms with E-state index >= 15 is 0 Å². The third-order valence-electron chi connectivity index (χ3n) is 1.86. The summed E-state index contributed by atoms with van der Waals surface area (Å²) in [5.41, 5.74) is -0.244. The maximum absolute atomic E-state index is 11.5. The Labute approximate surface area is 89.1 Å². The normalized spacial score (nSPS) is 10.0. The molecule has 0 aliphatic carbocycles. The lowest BCUT2D eigenvalue weighted by Gasteiger charge is -2.00. The summed E-state index contributed by atoms with van der Waals surface area (Å²) >= 11 is 0. The molecule has 2 heterocycles. The van der Waals surface area contributed by atoms with Gasteiger partial charge in [0.25, 0.3) is 0 Å². The number of carboxylic acid groups (broad SMARTS) is 1. The van der Waals surface area contributed by atoms with Gasteiger partial charge in [-0.1, -0.05) is 0 Å². The quantitative estimate of drug-likeness (QED) is 0.659. The van der Waals surface area contributed by atoms with Gasteiger partial charge < -0.3 is 14.8 Å². The number of H-pyrrole nitrogens is 2. The molecule has 0 unspecified atom stereocenters. The zero-order chi connectivity index (χ0) is 11.5. The highest BCUT2D eigenvalue weighted by molar-refractivity contribution is 6.01. The van der Waals surface area contributed by atoms with Crippen LogP contribution in [0.5, 0.6) is 5.88 Å². The van der Waals surface area contributed by atoms with E-state index in [0.717, 1.165) is 0 Å². The summed E-state index contributed by atoms with van der Waals surface area (Å²) in [4.78, 5) is 24.8. The third kappa shape index (κ3) is 1.78. The van der Waals surface area contributed by atoms with Gasteiger partial charge in [0.05, 0.1) is 11.8 Å². The lowest BCUT2D eigenvalue weighted by atomic mass is 10.2. The molecule has 0 radical (unpaired) electrons. The lowest BCUT2D eigenvalue weighted by molar-refractivity contribution is 0.0663. The minimum atomic E-state index is -1.20. The summed E-state index contributed by atoms with van der Waals surface area (Å²) in [6, 6.07) is 2.73. The van der Waals surface area contributed by atoms with Crippen LogP contribution in [0.15, 0.2) is 24.5 Å². The number of aromatic amines is 2. The highest BCUT2D eigenvalue weighted by Gasteiger charge is 2.19. The van der Waals surface area contributed by atoms with Crippen LogP contribution in [0.2, 0.25) is 0 Å². The van der Waals surface area contributed by atoms with Gasteiger partial charge in [0.1, 0.15) is 5.69 Å². The fourth-order valence-electron chi connectivity index (χ4n) is 1.17. The molecule has 2 aromatic rings. The summed E-state index contributed by atoms with van der Waals surface area (Å²) in [6.45, 7) is 0. The number of ether oxygens (including phenoxy) is 1. The monoisotopic (exact) mass is 221 g/mol. The molecule has 16 heavy (non-hydrogen) atoms. The maximum atomic E-state index is 11.5. The molecule has 0 saturated heterocycles. The third-order valence-corrected chi connectivity index (χ3v) is 1.86. The predicted molar refractivity (Wildman–Crippen MR) is 51.3 cm³/mol. The fourth-order valence-corrected chi connectivity index (χ4v) is 1.17. The molecule has 82 valence electrons. The Hall–Kier alpha value is -2.57. The Morgan fingerprint density at radius 3 is 2.81 bits per heavy atom. The molecule has 0 spiro atoms. The number of carbonyl (C=O) groups excluding carboxylic acids is 1. The van der Waals surface area contributed by atoms with Gasteiger partial charge in [0.15, 0.2) is 0 Å². The summed E-state index contributed by atoms with van der Waals surface area (Å²) < 4.78 is 4.84. The Kier molecular flexibility index (Phi) is 2.42. The molecule has 0 atom stereocenters. The number of aromatic nitrogens is 3. The highest BCUT2D eigenvalue weighted by atomic mass is 16.5. The van der Waals surface area contributed by atoms with Crippen molar-refractivity contribution in [2.24, 2.45) is 0 Å². The number of carbonyl (C=O) groups is 2. The second-order valence-electron chi connectivity index (χ2n) is 2.88. The van der Waals surface area contributed by atoms with Gasteiger partial charge in [-0.2, -0.15) is 5.10 Å². The van der Waals surface area contributed by atoms with E-state index in [4.69, 9.17) is 9.84 Å². The zero-order valence-electron chi connectivity index (χ0n) is 7.93. The van der Waals surface area contributed by atoms with Crippen LogP contribution in [-0.2, 0) is 0 Å². The van der Waals surface area contributed by atoms with Crippen molar-refractivity contribution >= 4 is 11.9 Å². The molecule has 2 rings (SSSR count). The Morgan fingerprint density at radius 2 is 2.19 bits per heavy atom. The summed E-state index contributed by atoms with van der Waals surface area (Å²) in [5, 5.41) is 14.8. The van der Waals surface area contributed by atoms with Gasteiger partial charge in [-0.05, 0) is 6.07 Å². The number of hydrogen-bond donors (Lipinski definition) is 3. The molecular formula is C9H7N3O4. The van der Waals surface area contributed by atoms with Crippen molar-refractivity contribution in [3.8, 4) is 5.88 Å². The van der Waals surface area contributed by atoms with Crippen molar-refractivity contribution in [2.75, 3.05) is 0 Å². The molecule has 0 aliphatic heterocycles. The topological polar surface area (TPSA) is 108 Å². The van der Waals surface area contributed by atoms with Crippen LogP contribution in [-0.4, -0.2) is 32.2 Å². The van der Waals surface area contributed by atoms with Crippen LogP contribution in [0.4, 0.5) is 0 Å². The molecule has 7 heteroatoms. The number of carboxylic acids is 1. The van der Waals surface area contributed by atoms with E-state index < -0.39 is 11.9 Å². The zero-order valence-corrected chi connectivity index (χ0v) is 7.93. The highest BCUT2D eigenvalue weighted by Crippen LogP contribution is 2.11. The average molecular weight is 221 g/mol. The van der Waals surface area contributed by atoms with Gasteiger partial charge in [0.2, 0.25) is 5.88 Å². The number of nitrogens with one attached hydrogen (secondary N) is 2. The first kappa shape index (κ1) is 9.97. The molecule has 7 nitrogen and oxygen atoms in total. The lowest BCUT2D eigenvalue weighted by Crippen LogP contribution is -2.13. The van der Waals surface area contributed by atoms with E-state index in [1.807, 2.05) is 0 Å². The van der Waals surface area contributed by atoms with Crippen LogP contribution >= 0.6 is 0 Å². The van der Waals surface area contributed by atoms with Gasteiger partial charge in [-0.3, -0.25) is 0 Å².